The molecule has 3 aromatic rings. The van der Waals surface area contributed by atoms with Gasteiger partial charge in [-0.2, -0.15) is 0 Å². The molecule has 146 valence electrons. The molecule has 1 aromatic carbocycles. The summed E-state index contributed by atoms with van der Waals surface area (Å²) in [5, 5.41) is 0. The van der Waals surface area contributed by atoms with E-state index in [2.05, 4.69) is 19.9 Å². The van der Waals surface area contributed by atoms with Gasteiger partial charge in [-0.05, 0) is 42.3 Å². The van der Waals surface area contributed by atoms with Crippen molar-refractivity contribution < 1.29 is 14.3 Å². The summed E-state index contributed by atoms with van der Waals surface area (Å²) in [6, 6.07) is 9.62. The zero-order valence-corrected chi connectivity index (χ0v) is 16.3. The van der Waals surface area contributed by atoms with Crippen LogP contribution in [0.2, 0.25) is 0 Å². The number of hydrogen-bond acceptors (Lipinski definition) is 7. The maximum atomic E-state index is 12.0. The summed E-state index contributed by atoms with van der Waals surface area (Å²) >= 11 is 0. The van der Waals surface area contributed by atoms with Gasteiger partial charge in [-0.3, -0.25) is 4.98 Å². The third-order valence-corrected chi connectivity index (χ3v) is 5.59. The van der Waals surface area contributed by atoms with E-state index >= 15 is 0 Å². The van der Waals surface area contributed by atoms with Crippen molar-refractivity contribution >= 4 is 17.6 Å². The van der Waals surface area contributed by atoms with Gasteiger partial charge in [0.15, 0.2) is 0 Å². The van der Waals surface area contributed by atoms with Crippen LogP contribution in [-0.4, -0.2) is 47.8 Å². The first-order chi connectivity index (χ1) is 14.1. The number of nitrogens with zero attached hydrogens (tertiary/aromatic N) is 4. The fourth-order valence-corrected chi connectivity index (χ4v) is 3.98. The molecule has 2 aliphatic rings. The lowest BCUT2D eigenvalue weighted by Crippen LogP contribution is -2.49. The van der Waals surface area contributed by atoms with Crippen LogP contribution in [0.1, 0.15) is 21.5 Å². The highest BCUT2D eigenvalue weighted by Crippen LogP contribution is 2.47. The largest absolute Gasteiger partial charge is 0.465 e. The average molecular weight is 388 g/mol. The highest BCUT2D eigenvalue weighted by atomic mass is 16.5. The molecule has 5 rings (SSSR count). The van der Waals surface area contributed by atoms with E-state index in [9.17, 15) is 4.79 Å². The molecule has 4 heterocycles. The van der Waals surface area contributed by atoms with Crippen molar-refractivity contribution in [2.24, 2.45) is 0 Å². The summed E-state index contributed by atoms with van der Waals surface area (Å²) in [5.41, 5.74) is 5.35. The predicted molar refractivity (Wildman–Crippen MR) is 107 cm³/mol. The van der Waals surface area contributed by atoms with E-state index in [1.807, 2.05) is 37.3 Å². The van der Waals surface area contributed by atoms with Gasteiger partial charge in [-0.1, -0.05) is 6.07 Å². The maximum absolute atomic E-state index is 12.0. The van der Waals surface area contributed by atoms with E-state index in [1.54, 1.807) is 18.6 Å². The Kier molecular flexibility index (Phi) is 4.06. The topological polar surface area (TPSA) is 77.4 Å². The molecule has 1 fully saturated rings. The second-order valence-electron chi connectivity index (χ2n) is 7.57. The Labute approximate surface area is 168 Å². The van der Waals surface area contributed by atoms with Crippen molar-refractivity contribution in [3.8, 4) is 11.3 Å². The Hall–Kier alpha value is -3.32. The summed E-state index contributed by atoms with van der Waals surface area (Å²) in [6.07, 6.45) is 5.36. The summed E-state index contributed by atoms with van der Waals surface area (Å²) < 4.78 is 10.4. The number of aryl methyl sites for hydroxylation is 1. The lowest BCUT2D eigenvalue weighted by Gasteiger charge is -2.38. The average Bonchev–Trinajstić information content (AvgIpc) is 3.08. The zero-order chi connectivity index (χ0) is 20.0. The van der Waals surface area contributed by atoms with E-state index in [0.717, 1.165) is 34.6 Å². The van der Waals surface area contributed by atoms with Gasteiger partial charge in [-0.15, -0.1) is 0 Å². The van der Waals surface area contributed by atoms with E-state index < -0.39 is 0 Å². The van der Waals surface area contributed by atoms with Gasteiger partial charge in [-0.25, -0.2) is 14.8 Å². The van der Waals surface area contributed by atoms with Gasteiger partial charge < -0.3 is 14.4 Å². The third kappa shape index (κ3) is 2.86. The van der Waals surface area contributed by atoms with E-state index in [0.29, 0.717) is 24.7 Å². The second kappa shape index (κ2) is 6.63. The van der Waals surface area contributed by atoms with Crippen LogP contribution in [0.5, 0.6) is 0 Å². The molecule has 1 spiro atoms. The minimum Gasteiger partial charge on any atom is -0.465 e. The van der Waals surface area contributed by atoms with E-state index in [4.69, 9.17) is 9.47 Å². The fourth-order valence-electron chi connectivity index (χ4n) is 3.98. The van der Waals surface area contributed by atoms with Gasteiger partial charge in [0.05, 0.1) is 37.0 Å². The number of aromatic nitrogens is 3. The molecule has 0 atom stereocenters. The number of carbonyl (C=O) groups is 1. The van der Waals surface area contributed by atoms with Crippen molar-refractivity contribution in [2.45, 2.75) is 12.3 Å². The Morgan fingerprint density at radius 3 is 2.59 bits per heavy atom. The Bertz CT molecular complexity index is 1090. The van der Waals surface area contributed by atoms with Crippen LogP contribution in [0.4, 0.5) is 11.6 Å². The maximum Gasteiger partial charge on any atom is 0.337 e. The number of rotatable bonds is 3. The van der Waals surface area contributed by atoms with Crippen LogP contribution < -0.4 is 4.90 Å². The van der Waals surface area contributed by atoms with Gasteiger partial charge in [0.1, 0.15) is 0 Å². The minimum absolute atomic E-state index is 0.0793. The quantitative estimate of drug-likeness (QED) is 0.638. The third-order valence-electron chi connectivity index (χ3n) is 5.59. The molecular weight excluding hydrogens is 368 g/mol. The minimum atomic E-state index is -0.361. The Morgan fingerprint density at radius 2 is 1.93 bits per heavy atom. The summed E-state index contributed by atoms with van der Waals surface area (Å²) in [7, 11) is 1.38. The number of pyridine rings is 1. The molecule has 0 radical (unpaired) electrons. The van der Waals surface area contributed by atoms with Gasteiger partial charge in [0.25, 0.3) is 0 Å². The molecule has 29 heavy (non-hydrogen) atoms. The molecule has 0 bridgehead atoms. The molecule has 0 N–H and O–H groups in total. The summed E-state index contributed by atoms with van der Waals surface area (Å²) in [5.74, 6) is 0.230. The SMILES string of the molecule is COC(=O)c1ccc2c(c1)N(c1ncc(-c3cc(C)ccn3)cn1)CC21COC1. The number of ether oxygens (including phenoxy) is 2. The molecule has 0 aliphatic carbocycles. The smallest absolute Gasteiger partial charge is 0.337 e. The van der Waals surface area contributed by atoms with Gasteiger partial charge in [0, 0.05) is 36.4 Å². The van der Waals surface area contributed by atoms with Crippen molar-refractivity contribution in [1.29, 1.82) is 0 Å². The number of fused-ring (bicyclic) bond motifs is 2. The van der Waals surface area contributed by atoms with Crippen molar-refractivity contribution in [3.63, 3.8) is 0 Å². The number of methoxy groups -OCH3 is 1. The summed E-state index contributed by atoms with van der Waals surface area (Å²) in [6.45, 7) is 4.05. The monoisotopic (exact) mass is 388 g/mol. The van der Waals surface area contributed by atoms with Gasteiger partial charge >= 0.3 is 5.97 Å². The highest BCUT2D eigenvalue weighted by Gasteiger charge is 2.49. The Morgan fingerprint density at radius 1 is 1.14 bits per heavy atom. The molecule has 0 unspecified atom stereocenters. The highest BCUT2D eigenvalue weighted by molar-refractivity contribution is 5.91. The van der Waals surface area contributed by atoms with Crippen molar-refractivity contribution in [1.82, 2.24) is 15.0 Å². The van der Waals surface area contributed by atoms with Crippen LogP contribution in [0.15, 0.2) is 48.9 Å². The molecule has 7 nitrogen and oxygen atoms in total. The normalized spacial score (nSPS) is 16.4. The molecule has 2 aliphatic heterocycles. The van der Waals surface area contributed by atoms with Crippen LogP contribution in [-0.2, 0) is 14.9 Å². The number of anilines is 2. The number of benzene rings is 1. The zero-order valence-electron chi connectivity index (χ0n) is 16.3. The molecule has 0 saturated carbocycles. The van der Waals surface area contributed by atoms with Crippen molar-refractivity contribution in [3.05, 3.63) is 65.6 Å². The number of hydrogen-bond donors (Lipinski definition) is 0. The molecule has 7 heteroatoms. The lowest BCUT2D eigenvalue weighted by molar-refractivity contribution is -0.0507. The van der Waals surface area contributed by atoms with Crippen molar-refractivity contribution in [2.75, 3.05) is 31.8 Å². The van der Waals surface area contributed by atoms with Crippen LogP contribution in [0.25, 0.3) is 11.3 Å². The van der Waals surface area contributed by atoms with Crippen LogP contribution >= 0.6 is 0 Å². The first-order valence-electron chi connectivity index (χ1n) is 9.43. The lowest BCUT2D eigenvalue weighted by atomic mass is 9.80. The standard InChI is InChI=1S/C22H20N4O3/c1-14-5-6-23-18(7-14)16-9-24-21(25-10-16)26-11-22(12-29-13-22)17-4-3-15(8-19(17)26)20(27)28-2/h3-10H,11-13H2,1-2H3. The second-order valence-corrected chi connectivity index (χ2v) is 7.57. The predicted octanol–water partition coefficient (Wildman–Crippen LogP) is 3.05. The number of carbonyl (C=O) groups excluding carboxylic acids is 1. The Balaban J connectivity index is 1.53. The van der Waals surface area contributed by atoms with Crippen LogP contribution in [0.3, 0.4) is 0 Å². The molecular formula is C22H20N4O3. The number of esters is 1. The summed E-state index contributed by atoms with van der Waals surface area (Å²) in [4.78, 5) is 27.7. The first kappa shape index (κ1) is 17.8. The van der Waals surface area contributed by atoms with E-state index in [1.165, 1.54) is 7.11 Å². The first-order valence-corrected chi connectivity index (χ1v) is 9.43. The molecule has 2 aromatic heterocycles. The molecule has 0 amide bonds. The fraction of sp³-hybridized carbons (Fsp3) is 0.273. The van der Waals surface area contributed by atoms with Gasteiger partial charge in [0.2, 0.25) is 5.95 Å². The van der Waals surface area contributed by atoms with Crippen LogP contribution in [0, 0.1) is 6.92 Å². The molecule has 1 saturated heterocycles. The van der Waals surface area contributed by atoms with E-state index in [-0.39, 0.29) is 11.4 Å².